The summed E-state index contributed by atoms with van der Waals surface area (Å²) in [5, 5.41) is 0.554. The molecule has 0 aliphatic carbocycles. The Morgan fingerprint density at radius 1 is 1.21 bits per heavy atom. The van der Waals surface area contributed by atoms with E-state index < -0.39 is 0 Å². The minimum Gasteiger partial charge on any atom is -0.389 e. The average molecular weight is 259 g/mol. The van der Waals surface area contributed by atoms with E-state index in [-0.39, 0.29) is 5.63 Å². The first-order chi connectivity index (χ1) is 9.13. The lowest BCUT2D eigenvalue weighted by atomic mass is 10.2. The minimum atomic E-state index is -0.303. The maximum Gasteiger partial charge on any atom is 0.348 e. The van der Waals surface area contributed by atoms with Gasteiger partial charge in [-0.25, -0.2) is 4.79 Å². The number of benzene rings is 1. The molecular weight excluding hydrogens is 242 g/mol. The number of aryl methyl sites for hydroxylation is 1. The van der Waals surface area contributed by atoms with Gasteiger partial charge in [0.2, 0.25) is 0 Å². The number of likely N-dealkylation sites (N-methyl/N-ethyl adjacent to an activating group) is 1. The van der Waals surface area contributed by atoms with Crippen LogP contribution in [-0.2, 0) is 0 Å². The Labute approximate surface area is 111 Å². The fraction of sp³-hybridized carbons (Fsp3) is 0.429. The minimum absolute atomic E-state index is 0.303. The van der Waals surface area contributed by atoms with Crippen LogP contribution in [0.2, 0.25) is 0 Å². The Hall–Kier alpha value is -1.88. The third-order valence-electron chi connectivity index (χ3n) is 3.55. The van der Waals surface area contributed by atoms with Crippen molar-refractivity contribution >= 4 is 16.9 Å². The van der Waals surface area contributed by atoms with Crippen molar-refractivity contribution in [2.24, 2.45) is 0 Å². The maximum atomic E-state index is 12.0. The lowest BCUT2D eigenvalue weighted by Crippen LogP contribution is -2.45. The zero-order valence-electron chi connectivity index (χ0n) is 11.2. The summed E-state index contributed by atoms with van der Waals surface area (Å²) in [5.74, 6) is 0. The standard InChI is InChI=1S/C14H17N3O2/c1-10-3-4-12-11(9-10)13(18)19-14(15-12)17-7-5-16(2)6-8-17/h3-4,9H,5-8H2,1-2H3. The highest BCUT2D eigenvalue weighted by molar-refractivity contribution is 5.78. The molecule has 1 aromatic carbocycles. The van der Waals surface area contributed by atoms with Crippen molar-refractivity contribution in [2.75, 3.05) is 38.1 Å². The van der Waals surface area contributed by atoms with Gasteiger partial charge in [0.05, 0.1) is 10.9 Å². The molecular formula is C14H17N3O2. The van der Waals surface area contributed by atoms with E-state index in [1.165, 1.54) is 0 Å². The Morgan fingerprint density at radius 2 is 1.95 bits per heavy atom. The molecule has 5 nitrogen and oxygen atoms in total. The highest BCUT2D eigenvalue weighted by Gasteiger charge is 2.18. The fourth-order valence-corrected chi connectivity index (χ4v) is 2.31. The first-order valence-electron chi connectivity index (χ1n) is 6.48. The molecule has 0 N–H and O–H groups in total. The monoisotopic (exact) mass is 259 g/mol. The van der Waals surface area contributed by atoms with Crippen molar-refractivity contribution in [3.8, 4) is 0 Å². The Morgan fingerprint density at radius 3 is 2.68 bits per heavy atom. The molecule has 1 saturated heterocycles. The van der Waals surface area contributed by atoms with Gasteiger partial charge in [0.25, 0.3) is 0 Å². The van der Waals surface area contributed by atoms with Gasteiger partial charge in [-0.05, 0) is 26.1 Å². The molecule has 1 aliphatic heterocycles. The third kappa shape index (κ3) is 2.33. The van der Waals surface area contributed by atoms with Gasteiger partial charge in [0, 0.05) is 26.2 Å². The SMILES string of the molecule is Cc1ccc2nc(N3CCN(C)CC3)oc(=O)c2c1. The number of nitrogens with zero attached hydrogens (tertiary/aromatic N) is 3. The summed E-state index contributed by atoms with van der Waals surface area (Å²) >= 11 is 0. The molecule has 2 aromatic rings. The summed E-state index contributed by atoms with van der Waals surface area (Å²) in [6.07, 6.45) is 0. The van der Waals surface area contributed by atoms with Crippen molar-refractivity contribution in [1.82, 2.24) is 9.88 Å². The quantitative estimate of drug-likeness (QED) is 0.771. The zero-order valence-corrected chi connectivity index (χ0v) is 11.2. The number of rotatable bonds is 1. The topological polar surface area (TPSA) is 49.6 Å². The zero-order chi connectivity index (χ0) is 13.4. The largest absolute Gasteiger partial charge is 0.389 e. The molecule has 100 valence electrons. The van der Waals surface area contributed by atoms with E-state index in [0.717, 1.165) is 31.7 Å². The molecule has 0 bridgehead atoms. The number of fused-ring (bicyclic) bond motifs is 1. The van der Waals surface area contributed by atoms with Crippen LogP contribution >= 0.6 is 0 Å². The molecule has 0 radical (unpaired) electrons. The van der Waals surface area contributed by atoms with Crippen LogP contribution in [0.4, 0.5) is 6.01 Å². The van der Waals surface area contributed by atoms with E-state index in [2.05, 4.69) is 16.9 Å². The van der Waals surface area contributed by atoms with Crippen LogP contribution in [0.3, 0.4) is 0 Å². The lowest BCUT2D eigenvalue weighted by molar-refractivity contribution is 0.302. The van der Waals surface area contributed by atoms with E-state index in [1.807, 2.05) is 30.0 Å². The van der Waals surface area contributed by atoms with Crippen LogP contribution in [0, 0.1) is 6.92 Å². The van der Waals surface area contributed by atoms with Gasteiger partial charge < -0.3 is 14.2 Å². The molecule has 1 fully saturated rings. The van der Waals surface area contributed by atoms with Gasteiger partial charge in [-0.15, -0.1) is 0 Å². The molecule has 19 heavy (non-hydrogen) atoms. The van der Waals surface area contributed by atoms with Crippen LogP contribution < -0.4 is 10.5 Å². The van der Waals surface area contributed by atoms with Crippen molar-refractivity contribution in [3.63, 3.8) is 0 Å². The summed E-state index contributed by atoms with van der Waals surface area (Å²) in [4.78, 5) is 20.8. The smallest absolute Gasteiger partial charge is 0.348 e. The van der Waals surface area contributed by atoms with Crippen molar-refractivity contribution in [3.05, 3.63) is 34.2 Å². The number of hydrogen-bond donors (Lipinski definition) is 0. The summed E-state index contributed by atoms with van der Waals surface area (Å²) in [5.41, 5.74) is 1.44. The number of hydrogen-bond acceptors (Lipinski definition) is 5. The van der Waals surface area contributed by atoms with E-state index in [1.54, 1.807) is 0 Å². The fourth-order valence-electron chi connectivity index (χ4n) is 2.31. The van der Waals surface area contributed by atoms with Crippen LogP contribution in [0.1, 0.15) is 5.56 Å². The molecule has 5 heteroatoms. The molecule has 2 heterocycles. The highest BCUT2D eigenvalue weighted by Crippen LogP contribution is 2.16. The first-order valence-corrected chi connectivity index (χ1v) is 6.48. The third-order valence-corrected chi connectivity index (χ3v) is 3.55. The van der Waals surface area contributed by atoms with Crippen LogP contribution in [0.15, 0.2) is 27.4 Å². The van der Waals surface area contributed by atoms with Crippen LogP contribution in [0.25, 0.3) is 10.9 Å². The molecule has 1 aliphatic rings. The predicted molar refractivity (Wildman–Crippen MR) is 74.7 cm³/mol. The summed E-state index contributed by atoms with van der Waals surface area (Å²) in [6.45, 7) is 5.54. The van der Waals surface area contributed by atoms with Gasteiger partial charge in [0.1, 0.15) is 0 Å². The maximum absolute atomic E-state index is 12.0. The van der Waals surface area contributed by atoms with E-state index in [4.69, 9.17) is 4.42 Å². The second-order valence-corrected chi connectivity index (χ2v) is 5.09. The molecule has 0 saturated carbocycles. The second-order valence-electron chi connectivity index (χ2n) is 5.09. The van der Waals surface area contributed by atoms with Gasteiger partial charge in [-0.3, -0.25) is 0 Å². The van der Waals surface area contributed by atoms with Crippen LogP contribution in [-0.4, -0.2) is 43.1 Å². The lowest BCUT2D eigenvalue weighted by Gasteiger charge is -2.31. The summed E-state index contributed by atoms with van der Waals surface area (Å²) < 4.78 is 5.36. The summed E-state index contributed by atoms with van der Waals surface area (Å²) in [7, 11) is 2.09. The van der Waals surface area contributed by atoms with Crippen LogP contribution in [0.5, 0.6) is 0 Å². The first kappa shape index (κ1) is 12.2. The van der Waals surface area contributed by atoms with Crippen molar-refractivity contribution < 1.29 is 4.42 Å². The van der Waals surface area contributed by atoms with Gasteiger partial charge in [-0.2, -0.15) is 4.98 Å². The molecule has 0 spiro atoms. The van der Waals surface area contributed by atoms with E-state index >= 15 is 0 Å². The molecule has 3 rings (SSSR count). The normalized spacial score (nSPS) is 17.1. The second kappa shape index (κ2) is 4.66. The molecule has 1 aromatic heterocycles. The van der Waals surface area contributed by atoms with Gasteiger partial charge in [-0.1, -0.05) is 11.6 Å². The van der Waals surface area contributed by atoms with Gasteiger partial charge in [0.15, 0.2) is 0 Å². The number of aromatic nitrogens is 1. The predicted octanol–water partition coefficient (Wildman–Crippen LogP) is 1.25. The molecule has 0 amide bonds. The Balaban J connectivity index is 2.01. The molecule has 0 atom stereocenters. The van der Waals surface area contributed by atoms with Gasteiger partial charge >= 0.3 is 11.6 Å². The van der Waals surface area contributed by atoms with Crippen molar-refractivity contribution in [2.45, 2.75) is 6.92 Å². The number of piperazine rings is 1. The highest BCUT2D eigenvalue weighted by atomic mass is 16.4. The average Bonchev–Trinajstić information content (AvgIpc) is 2.40. The Kier molecular flexibility index (Phi) is 2.98. The van der Waals surface area contributed by atoms with E-state index in [9.17, 15) is 4.79 Å². The summed E-state index contributed by atoms with van der Waals surface area (Å²) in [6, 6.07) is 6.10. The van der Waals surface area contributed by atoms with E-state index in [0.29, 0.717) is 16.9 Å². The number of anilines is 1. The Bertz CT molecular complexity index is 657. The molecule has 0 unspecified atom stereocenters. The van der Waals surface area contributed by atoms with Crippen molar-refractivity contribution in [1.29, 1.82) is 0 Å².